The number of carbonyl (C=O) groups excluding carboxylic acids is 1. The van der Waals surface area contributed by atoms with E-state index in [4.69, 9.17) is 11.6 Å². The van der Waals surface area contributed by atoms with Crippen molar-refractivity contribution in [2.45, 2.75) is 31.2 Å². The predicted octanol–water partition coefficient (Wildman–Crippen LogP) is 5.72. The number of nitrogens with one attached hydrogen (secondary N) is 1. The summed E-state index contributed by atoms with van der Waals surface area (Å²) in [7, 11) is 0. The van der Waals surface area contributed by atoms with Crippen molar-refractivity contribution in [2.75, 3.05) is 35.2 Å². The van der Waals surface area contributed by atoms with E-state index < -0.39 is 0 Å². The maximum Gasteiger partial charge on any atom is 0.251 e. The Balaban J connectivity index is 1.62. The van der Waals surface area contributed by atoms with Crippen LogP contribution in [0.5, 0.6) is 0 Å². The van der Waals surface area contributed by atoms with E-state index in [1.807, 2.05) is 47.8 Å². The Morgan fingerprint density at radius 3 is 2.82 bits per heavy atom. The number of carbonyl (C=O) groups is 1. The van der Waals surface area contributed by atoms with Gasteiger partial charge in [0.25, 0.3) is 5.91 Å². The molecule has 0 radical (unpaired) electrons. The first-order valence-electron chi connectivity index (χ1n) is 9.79. The SMILES string of the molecule is CCCSCCCNC(=O)c1ccc2c(c1)N(Cc1ccc(Cl)cc1)CCS2. The molecule has 6 heteroatoms. The Hall–Kier alpha value is -1.30. The summed E-state index contributed by atoms with van der Waals surface area (Å²) in [5, 5.41) is 3.82. The maximum absolute atomic E-state index is 12.6. The number of rotatable bonds is 9. The second kappa shape index (κ2) is 11.0. The van der Waals surface area contributed by atoms with Gasteiger partial charge in [0.1, 0.15) is 0 Å². The Bertz CT molecular complexity index is 783. The molecule has 0 unspecified atom stereocenters. The van der Waals surface area contributed by atoms with Crippen molar-refractivity contribution in [3.05, 3.63) is 58.6 Å². The zero-order valence-electron chi connectivity index (χ0n) is 16.2. The van der Waals surface area contributed by atoms with Crippen molar-refractivity contribution in [2.24, 2.45) is 0 Å². The molecule has 0 bridgehead atoms. The summed E-state index contributed by atoms with van der Waals surface area (Å²) in [6.45, 7) is 4.72. The Kier molecular flexibility index (Phi) is 8.44. The second-order valence-corrected chi connectivity index (χ2v) is 9.60. The summed E-state index contributed by atoms with van der Waals surface area (Å²) in [4.78, 5) is 16.2. The van der Waals surface area contributed by atoms with E-state index >= 15 is 0 Å². The number of thioether (sulfide) groups is 2. The molecule has 0 saturated heterocycles. The van der Waals surface area contributed by atoms with Crippen molar-refractivity contribution in [3.8, 4) is 0 Å². The summed E-state index contributed by atoms with van der Waals surface area (Å²) in [6, 6.07) is 14.1. The number of hydrogen-bond donors (Lipinski definition) is 1. The summed E-state index contributed by atoms with van der Waals surface area (Å²) in [6.07, 6.45) is 2.22. The summed E-state index contributed by atoms with van der Waals surface area (Å²) in [5.74, 6) is 3.37. The van der Waals surface area contributed by atoms with Crippen LogP contribution in [0.3, 0.4) is 0 Å². The van der Waals surface area contributed by atoms with E-state index in [2.05, 4.69) is 35.3 Å². The first-order valence-corrected chi connectivity index (χ1v) is 12.3. The van der Waals surface area contributed by atoms with Crippen LogP contribution < -0.4 is 10.2 Å². The third-order valence-corrected chi connectivity index (χ3v) is 7.14. The molecule has 0 aromatic heterocycles. The lowest BCUT2D eigenvalue weighted by atomic mass is 10.1. The average Bonchev–Trinajstić information content (AvgIpc) is 2.72. The van der Waals surface area contributed by atoms with Crippen LogP contribution in [-0.4, -0.2) is 36.3 Å². The van der Waals surface area contributed by atoms with Gasteiger partial charge in [0.05, 0.1) is 5.69 Å². The van der Waals surface area contributed by atoms with Gasteiger partial charge < -0.3 is 10.2 Å². The smallest absolute Gasteiger partial charge is 0.251 e. The topological polar surface area (TPSA) is 32.3 Å². The van der Waals surface area contributed by atoms with Gasteiger partial charge in [-0.05, 0) is 60.2 Å². The summed E-state index contributed by atoms with van der Waals surface area (Å²) < 4.78 is 0. The largest absolute Gasteiger partial charge is 0.365 e. The minimum absolute atomic E-state index is 0.0188. The number of hydrogen-bond acceptors (Lipinski definition) is 4. The molecule has 0 atom stereocenters. The van der Waals surface area contributed by atoms with E-state index in [0.717, 1.165) is 53.8 Å². The first-order chi connectivity index (χ1) is 13.7. The van der Waals surface area contributed by atoms with Crippen molar-refractivity contribution in [3.63, 3.8) is 0 Å². The third kappa shape index (κ3) is 6.10. The van der Waals surface area contributed by atoms with Gasteiger partial charge in [-0.15, -0.1) is 11.8 Å². The molecule has 2 aromatic carbocycles. The molecule has 0 fully saturated rings. The highest BCUT2D eigenvalue weighted by molar-refractivity contribution is 7.99. The number of amides is 1. The minimum Gasteiger partial charge on any atom is -0.365 e. The highest BCUT2D eigenvalue weighted by Gasteiger charge is 2.19. The molecule has 1 heterocycles. The van der Waals surface area contributed by atoms with Gasteiger partial charge in [-0.1, -0.05) is 30.7 Å². The molecule has 1 N–H and O–H groups in total. The fraction of sp³-hybridized carbons (Fsp3) is 0.409. The van der Waals surface area contributed by atoms with E-state index in [-0.39, 0.29) is 5.91 Å². The van der Waals surface area contributed by atoms with Crippen LogP contribution in [0.15, 0.2) is 47.4 Å². The number of anilines is 1. The minimum atomic E-state index is 0.0188. The Labute approximate surface area is 181 Å². The molecule has 0 spiro atoms. The van der Waals surface area contributed by atoms with E-state index in [1.165, 1.54) is 22.6 Å². The Morgan fingerprint density at radius 1 is 1.21 bits per heavy atom. The van der Waals surface area contributed by atoms with Crippen LogP contribution in [0.1, 0.15) is 35.7 Å². The fourth-order valence-electron chi connectivity index (χ4n) is 3.11. The van der Waals surface area contributed by atoms with Crippen LogP contribution in [-0.2, 0) is 6.54 Å². The second-order valence-electron chi connectivity index (χ2n) is 6.80. The van der Waals surface area contributed by atoms with Gasteiger partial charge in [-0.25, -0.2) is 0 Å². The fourth-order valence-corrected chi connectivity index (χ4v) is 5.11. The molecule has 150 valence electrons. The predicted molar refractivity (Wildman–Crippen MR) is 124 cm³/mol. The van der Waals surface area contributed by atoms with E-state index in [9.17, 15) is 4.79 Å². The van der Waals surface area contributed by atoms with E-state index in [1.54, 1.807) is 0 Å². The monoisotopic (exact) mass is 434 g/mol. The van der Waals surface area contributed by atoms with Gasteiger partial charge >= 0.3 is 0 Å². The highest BCUT2D eigenvalue weighted by Crippen LogP contribution is 2.36. The molecule has 3 rings (SSSR count). The number of benzene rings is 2. The zero-order valence-corrected chi connectivity index (χ0v) is 18.6. The highest BCUT2D eigenvalue weighted by atomic mass is 35.5. The molecule has 1 aliphatic heterocycles. The van der Waals surface area contributed by atoms with Crippen LogP contribution >= 0.6 is 35.1 Å². The van der Waals surface area contributed by atoms with Gasteiger partial charge in [0, 0.05) is 40.9 Å². The van der Waals surface area contributed by atoms with Crippen molar-refractivity contribution in [1.82, 2.24) is 5.32 Å². The maximum atomic E-state index is 12.6. The quantitative estimate of drug-likeness (QED) is 0.512. The van der Waals surface area contributed by atoms with Crippen LogP contribution in [0.2, 0.25) is 5.02 Å². The molecular formula is C22H27ClN2OS2. The molecule has 28 heavy (non-hydrogen) atoms. The average molecular weight is 435 g/mol. The van der Waals surface area contributed by atoms with E-state index in [0.29, 0.717) is 0 Å². The van der Waals surface area contributed by atoms with Gasteiger partial charge in [-0.3, -0.25) is 4.79 Å². The number of nitrogens with zero attached hydrogens (tertiary/aromatic N) is 1. The molecule has 0 aliphatic carbocycles. The van der Waals surface area contributed by atoms with Gasteiger partial charge in [0.2, 0.25) is 0 Å². The number of halogens is 1. The van der Waals surface area contributed by atoms with Gasteiger partial charge in [-0.2, -0.15) is 11.8 Å². The number of fused-ring (bicyclic) bond motifs is 1. The normalized spacial score (nSPS) is 13.3. The molecule has 1 amide bonds. The van der Waals surface area contributed by atoms with Crippen molar-refractivity contribution in [1.29, 1.82) is 0 Å². The molecule has 3 nitrogen and oxygen atoms in total. The zero-order chi connectivity index (χ0) is 19.8. The molecule has 2 aromatic rings. The standard InChI is InChI=1S/C22H27ClN2OS2/c1-2-12-27-13-3-10-24-22(26)18-6-9-21-20(15-18)25(11-14-28-21)16-17-4-7-19(23)8-5-17/h4-9,15H,2-3,10-14,16H2,1H3,(H,24,26). The van der Waals surface area contributed by atoms with Crippen molar-refractivity contribution < 1.29 is 4.79 Å². The third-order valence-electron chi connectivity index (χ3n) is 4.57. The first kappa shape index (κ1) is 21.4. The molecule has 1 aliphatic rings. The lowest BCUT2D eigenvalue weighted by Crippen LogP contribution is -2.30. The van der Waals surface area contributed by atoms with Gasteiger partial charge in [0.15, 0.2) is 0 Å². The lowest BCUT2D eigenvalue weighted by Gasteiger charge is -2.31. The summed E-state index contributed by atoms with van der Waals surface area (Å²) in [5.41, 5.74) is 3.11. The van der Waals surface area contributed by atoms with Crippen LogP contribution in [0, 0.1) is 0 Å². The Morgan fingerprint density at radius 2 is 2.04 bits per heavy atom. The van der Waals surface area contributed by atoms with Crippen LogP contribution in [0.25, 0.3) is 0 Å². The molecule has 0 saturated carbocycles. The van der Waals surface area contributed by atoms with Crippen molar-refractivity contribution >= 4 is 46.7 Å². The summed E-state index contributed by atoms with van der Waals surface area (Å²) >= 11 is 9.82. The lowest BCUT2D eigenvalue weighted by molar-refractivity contribution is 0.0953. The molecular weight excluding hydrogens is 408 g/mol. The van der Waals surface area contributed by atoms with Crippen LogP contribution in [0.4, 0.5) is 5.69 Å².